The highest BCUT2D eigenvalue weighted by Gasteiger charge is 2.38. The van der Waals surface area contributed by atoms with E-state index in [0.717, 1.165) is 6.42 Å². The minimum atomic E-state index is -4.67. The van der Waals surface area contributed by atoms with Crippen LogP contribution >= 0.6 is 0 Å². The summed E-state index contributed by atoms with van der Waals surface area (Å²) in [5.74, 6) is -1.99. The maximum atomic E-state index is 12.3. The van der Waals surface area contributed by atoms with Crippen LogP contribution in [0.3, 0.4) is 0 Å². The molecule has 2 amide bonds. The highest BCUT2D eigenvalue weighted by Crippen LogP contribution is 2.27. The van der Waals surface area contributed by atoms with Crippen molar-refractivity contribution < 1.29 is 27.3 Å². The lowest BCUT2D eigenvalue weighted by Gasteiger charge is -2.31. The average molecular weight is 348 g/mol. The van der Waals surface area contributed by atoms with Crippen LogP contribution in [0.5, 0.6) is 0 Å². The van der Waals surface area contributed by atoms with Crippen LogP contribution < -0.4 is 5.32 Å². The van der Waals surface area contributed by atoms with Crippen LogP contribution in [-0.2, 0) is 22.2 Å². The summed E-state index contributed by atoms with van der Waals surface area (Å²) >= 11 is 0. The molecule has 1 fully saturated rings. The Hall–Kier alpha value is -2.13. The number of rotatable bonds is 6. The molecule has 0 bridgehead atoms. The largest absolute Gasteiger partial charge is 0.471 e. The average Bonchev–Trinajstić information content (AvgIpc) is 2.98. The van der Waals surface area contributed by atoms with Gasteiger partial charge in [-0.3, -0.25) is 9.59 Å². The number of piperidine rings is 1. The van der Waals surface area contributed by atoms with Gasteiger partial charge in [0.1, 0.15) is 0 Å². The number of halogens is 3. The van der Waals surface area contributed by atoms with Crippen molar-refractivity contribution in [1.29, 1.82) is 0 Å². The molecule has 2 rings (SSSR count). The van der Waals surface area contributed by atoms with Gasteiger partial charge in [-0.2, -0.15) is 18.2 Å². The number of nitrogens with zero attached hydrogens (tertiary/aromatic N) is 3. The molecule has 1 unspecified atom stereocenters. The lowest BCUT2D eigenvalue weighted by Crippen LogP contribution is -2.46. The molecule has 134 valence electrons. The minimum Gasteiger partial charge on any atom is -0.355 e. The van der Waals surface area contributed by atoms with Crippen LogP contribution in [0.25, 0.3) is 0 Å². The molecule has 0 radical (unpaired) electrons. The van der Waals surface area contributed by atoms with Crippen LogP contribution in [0.1, 0.15) is 37.9 Å². The van der Waals surface area contributed by atoms with E-state index in [1.165, 1.54) is 0 Å². The van der Waals surface area contributed by atoms with Crippen molar-refractivity contribution in [3.63, 3.8) is 0 Å². The predicted molar refractivity (Wildman–Crippen MR) is 75.6 cm³/mol. The molecule has 1 saturated heterocycles. The van der Waals surface area contributed by atoms with Gasteiger partial charge in [-0.15, -0.1) is 0 Å². The molecule has 1 aromatic heterocycles. The van der Waals surface area contributed by atoms with Crippen LogP contribution in [0.4, 0.5) is 13.2 Å². The van der Waals surface area contributed by atoms with Crippen molar-refractivity contribution in [2.45, 2.75) is 38.8 Å². The number of hydrogen-bond acceptors (Lipinski definition) is 5. The summed E-state index contributed by atoms with van der Waals surface area (Å²) in [6.45, 7) is 3.05. The normalized spacial score (nSPS) is 18.8. The van der Waals surface area contributed by atoms with E-state index >= 15 is 0 Å². The highest BCUT2D eigenvalue weighted by atomic mass is 19.4. The summed E-state index contributed by atoms with van der Waals surface area (Å²) < 4.78 is 41.1. The van der Waals surface area contributed by atoms with Gasteiger partial charge < -0.3 is 14.7 Å². The number of nitrogens with one attached hydrogen (secondary N) is 1. The van der Waals surface area contributed by atoms with Gasteiger partial charge in [-0.05, 0) is 12.8 Å². The monoisotopic (exact) mass is 348 g/mol. The number of hydrogen-bond donors (Lipinski definition) is 1. The molecule has 0 saturated carbocycles. The minimum absolute atomic E-state index is 0.0373. The zero-order valence-electron chi connectivity index (χ0n) is 13.2. The quantitative estimate of drug-likeness (QED) is 0.839. The lowest BCUT2D eigenvalue weighted by molar-refractivity contribution is -0.159. The Kier molecular flexibility index (Phi) is 5.79. The van der Waals surface area contributed by atoms with Gasteiger partial charge in [0.2, 0.25) is 11.8 Å². The fraction of sp³-hybridized carbons (Fsp3) is 0.714. The first-order valence-corrected chi connectivity index (χ1v) is 7.76. The topological polar surface area (TPSA) is 88.3 Å². The standard InChI is InChI=1S/C14H19F3N4O3/c1-2-7-21-8-9(3-4-11(21)22)12(23)18-6-5-10-19-13(24-20-10)14(15,16)17/h9H,2-8H2,1H3,(H,18,23). The predicted octanol–water partition coefficient (Wildman–Crippen LogP) is 1.40. The Bertz CT molecular complexity index is 588. The molecule has 1 aromatic rings. The number of carbonyl (C=O) groups excluding carboxylic acids is 2. The molecule has 24 heavy (non-hydrogen) atoms. The summed E-state index contributed by atoms with van der Waals surface area (Å²) in [7, 11) is 0. The van der Waals surface area contributed by atoms with E-state index in [0.29, 0.717) is 25.9 Å². The van der Waals surface area contributed by atoms with Crippen LogP contribution in [0, 0.1) is 5.92 Å². The second kappa shape index (κ2) is 7.63. The summed E-state index contributed by atoms with van der Waals surface area (Å²) in [5, 5.41) is 5.87. The van der Waals surface area contributed by atoms with E-state index < -0.39 is 12.1 Å². The second-order valence-corrected chi connectivity index (χ2v) is 5.63. The van der Waals surface area contributed by atoms with Crippen molar-refractivity contribution in [2.24, 2.45) is 5.92 Å². The van der Waals surface area contributed by atoms with E-state index in [2.05, 4.69) is 20.0 Å². The van der Waals surface area contributed by atoms with Crippen molar-refractivity contribution in [2.75, 3.05) is 19.6 Å². The van der Waals surface area contributed by atoms with Crippen LogP contribution in [0.2, 0.25) is 0 Å². The summed E-state index contributed by atoms with van der Waals surface area (Å²) in [5.41, 5.74) is 0. The molecular weight excluding hydrogens is 329 g/mol. The van der Waals surface area contributed by atoms with E-state index in [1.807, 2.05) is 6.92 Å². The van der Waals surface area contributed by atoms with Gasteiger partial charge in [0.25, 0.3) is 0 Å². The Morgan fingerprint density at radius 1 is 1.46 bits per heavy atom. The number of amides is 2. The second-order valence-electron chi connectivity index (χ2n) is 5.63. The smallest absolute Gasteiger partial charge is 0.355 e. The summed E-state index contributed by atoms with van der Waals surface area (Å²) in [6.07, 6.45) is -3.01. The molecule has 1 N–H and O–H groups in total. The molecule has 2 heterocycles. The van der Waals surface area contributed by atoms with E-state index in [9.17, 15) is 22.8 Å². The van der Waals surface area contributed by atoms with Crippen molar-refractivity contribution in [3.8, 4) is 0 Å². The molecule has 1 atom stereocenters. The first-order valence-electron chi connectivity index (χ1n) is 7.76. The van der Waals surface area contributed by atoms with Crippen molar-refractivity contribution in [1.82, 2.24) is 20.4 Å². The molecular formula is C14H19F3N4O3. The number of likely N-dealkylation sites (tertiary alicyclic amines) is 1. The maximum absolute atomic E-state index is 12.3. The van der Waals surface area contributed by atoms with E-state index in [4.69, 9.17) is 0 Å². The van der Waals surface area contributed by atoms with Crippen LogP contribution in [-0.4, -0.2) is 46.5 Å². The molecule has 1 aliphatic heterocycles. The summed E-state index contributed by atoms with van der Waals surface area (Å²) in [4.78, 5) is 28.7. The zero-order valence-corrected chi connectivity index (χ0v) is 13.2. The van der Waals surface area contributed by atoms with E-state index in [1.54, 1.807) is 4.90 Å². The fourth-order valence-electron chi connectivity index (χ4n) is 2.53. The molecule has 10 heteroatoms. The zero-order chi connectivity index (χ0) is 17.7. The third kappa shape index (κ3) is 4.68. The SMILES string of the molecule is CCCN1CC(C(=O)NCCc2noc(C(F)(F)F)n2)CCC1=O. The van der Waals surface area contributed by atoms with Crippen molar-refractivity contribution >= 4 is 11.8 Å². The highest BCUT2D eigenvalue weighted by molar-refractivity contribution is 5.83. The molecule has 1 aliphatic rings. The molecule has 0 spiro atoms. The first kappa shape index (κ1) is 18.2. The number of alkyl halides is 3. The maximum Gasteiger partial charge on any atom is 0.471 e. The van der Waals surface area contributed by atoms with E-state index in [-0.39, 0.29) is 36.5 Å². The molecule has 0 aromatic carbocycles. The Labute approximate surface area is 136 Å². The molecule has 0 aliphatic carbocycles. The molecule has 7 nitrogen and oxygen atoms in total. The van der Waals surface area contributed by atoms with Gasteiger partial charge in [-0.1, -0.05) is 12.1 Å². The Morgan fingerprint density at radius 2 is 2.21 bits per heavy atom. The lowest BCUT2D eigenvalue weighted by atomic mass is 9.96. The fourth-order valence-corrected chi connectivity index (χ4v) is 2.53. The van der Waals surface area contributed by atoms with Crippen molar-refractivity contribution in [3.05, 3.63) is 11.7 Å². The van der Waals surface area contributed by atoms with Gasteiger partial charge in [0.15, 0.2) is 5.82 Å². The van der Waals surface area contributed by atoms with Gasteiger partial charge in [0.05, 0.1) is 5.92 Å². The number of aromatic nitrogens is 2. The first-order chi connectivity index (χ1) is 11.3. The summed E-state index contributed by atoms with van der Waals surface area (Å²) in [6, 6.07) is 0. The van der Waals surface area contributed by atoms with Crippen LogP contribution in [0.15, 0.2) is 4.52 Å². The Morgan fingerprint density at radius 3 is 2.83 bits per heavy atom. The Balaban J connectivity index is 1.79. The van der Waals surface area contributed by atoms with Gasteiger partial charge in [-0.25, -0.2) is 0 Å². The number of carbonyl (C=O) groups is 2. The van der Waals surface area contributed by atoms with Gasteiger partial charge >= 0.3 is 12.1 Å². The van der Waals surface area contributed by atoms with Gasteiger partial charge in [0, 0.05) is 32.5 Å². The third-order valence-electron chi connectivity index (χ3n) is 3.72. The third-order valence-corrected chi connectivity index (χ3v) is 3.72.